The van der Waals surface area contributed by atoms with Gasteiger partial charge in [0.2, 0.25) is 0 Å². The smallest absolute Gasteiger partial charge is 0.306 e. The number of esters is 2. The van der Waals surface area contributed by atoms with E-state index in [-0.39, 0.29) is 25.2 Å². The largest absolute Gasteiger partial charge is 0.462 e. The van der Waals surface area contributed by atoms with Crippen molar-refractivity contribution in [2.75, 3.05) is 13.2 Å². The lowest BCUT2D eigenvalue weighted by molar-refractivity contribution is -0.161. The molecule has 0 rings (SSSR count). The summed E-state index contributed by atoms with van der Waals surface area (Å²) >= 11 is 0. The fourth-order valence-electron chi connectivity index (χ4n) is 9.11. The Kier molecular flexibility index (Phi) is 56.8. The summed E-state index contributed by atoms with van der Waals surface area (Å²) in [5, 5.41) is 9.61. The van der Waals surface area contributed by atoms with Crippen molar-refractivity contribution >= 4 is 11.9 Å². The van der Waals surface area contributed by atoms with Crippen molar-refractivity contribution in [3.8, 4) is 0 Å². The number of rotatable bonds is 56. The maximum absolute atomic E-state index is 12.3. The van der Waals surface area contributed by atoms with Crippen molar-refractivity contribution in [2.24, 2.45) is 0 Å². The predicted molar refractivity (Wildman–Crippen MR) is 293 cm³/mol. The fraction of sp³-hybridized carbons (Fsp3) is 0.871. The van der Waals surface area contributed by atoms with Crippen LogP contribution in [0.25, 0.3) is 0 Å². The Labute approximate surface area is 418 Å². The summed E-state index contributed by atoms with van der Waals surface area (Å²) in [5.74, 6) is -0.587. The molecular formula is C62H116O5. The number of aliphatic hydroxyl groups excluding tert-OH is 1. The van der Waals surface area contributed by atoms with Crippen LogP contribution in [0.4, 0.5) is 0 Å². The Morgan fingerprint density at radius 1 is 0.343 bits per heavy atom. The molecule has 1 unspecified atom stereocenters. The number of hydrogen-bond donors (Lipinski definition) is 1. The van der Waals surface area contributed by atoms with Gasteiger partial charge in [0.15, 0.2) is 6.10 Å². The van der Waals surface area contributed by atoms with Crippen LogP contribution < -0.4 is 0 Å². The Balaban J connectivity index is 3.33. The van der Waals surface area contributed by atoms with Crippen molar-refractivity contribution in [2.45, 2.75) is 335 Å². The molecule has 0 aromatic heterocycles. The molecule has 0 aliphatic carbocycles. The van der Waals surface area contributed by atoms with E-state index in [9.17, 15) is 14.7 Å². The molecule has 0 aromatic carbocycles. The van der Waals surface area contributed by atoms with Gasteiger partial charge in [-0.25, -0.2) is 0 Å². The maximum Gasteiger partial charge on any atom is 0.306 e. The second kappa shape index (κ2) is 58.4. The number of hydrogen-bond acceptors (Lipinski definition) is 5. The van der Waals surface area contributed by atoms with E-state index >= 15 is 0 Å². The Bertz CT molecular complexity index is 1060. The Hall–Kier alpha value is -1.88. The van der Waals surface area contributed by atoms with Gasteiger partial charge in [0, 0.05) is 12.8 Å². The topological polar surface area (TPSA) is 72.8 Å². The molecule has 5 nitrogen and oxygen atoms in total. The number of aliphatic hydroxyl groups is 1. The van der Waals surface area contributed by atoms with Crippen LogP contribution in [-0.4, -0.2) is 36.4 Å². The first kappa shape index (κ1) is 65.1. The molecule has 0 bridgehead atoms. The van der Waals surface area contributed by atoms with Crippen molar-refractivity contribution in [3.63, 3.8) is 0 Å². The van der Waals surface area contributed by atoms with Crippen LogP contribution in [0.3, 0.4) is 0 Å². The molecule has 394 valence electrons. The molecule has 0 heterocycles. The SMILES string of the molecule is CCCCC/C=C\CCCCCCCC(=O)OCC(CO)OC(=O)CCCCCCCCCCCCCCCCCCCCCCCCCCCCCCC/C=C\C/C=C\CCCCCCC. The summed E-state index contributed by atoms with van der Waals surface area (Å²) in [5.41, 5.74) is 0. The number of unbranched alkanes of at least 4 members (excludes halogenated alkanes) is 42. The highest BCUT2D eigenvalue weighted by Crippen LogP contribution is 2.18. The normalized spacial score (nSPS) is 12.3. The third-order valence-corrected chi connectivity index (χ3v) is 13.7. The van der Waals surface area contributed by atoms with Crippen LogP contribution >= 0.6 is 0 Å². The molecule has 67 heavy (non-hydrogen) atoms. The quantitative estimate of drug-likeness (QED) is 0.0374. The average Bonchev–Trinajstić information content (AvgIpc) is 3.33. The third-order valence-electron chi connectivity index (χ3n) is 13.7. The zero-order chi connectivity index (χ0) is 48.5. The van der Waals surface area contributed by atoms with E-state index in [2.05, 4.69) is 50.3 Å². The van der Waals surface area contributed by atoms with Crippen LogP contribution in [0.2, 0.25) is 0 Å². The lowest BCUT2D eigenvalue weighted by Gasteiger charge is -2.15. The van der Waals surface area contributed by atoms with Crippen molar-refractivity contribution in [1.82, 2.24) is 0 Å². The molecule has 0 saturated heterocycles. The molecule has 0 aliphatic heterocycles. The summed E-state index contributed by atoms with van der Waals surface area (Å²) in [4.78, 5) is 24.4. The van der Waals surface area contributed by atoms with Crippen molar-refractivity contribution in [1.29, 1.82) is 0 Å². The lowest BCUT2D eigenvalue weighted by Crippen LogP contribution is -2.28. The first-order valence-corrected chi connectivity index (χ1v) is 30.0. The van der Waals surface area contributed by atoms with E-state index < -0.39 is 6.10 Å². The van der Waals surface area contributed by atoms with Crippen LogP contribution in [0.5, 0.6) is 0 Å². The summed E-state index contributed by atoms with van der Waals surface area (Å²) in [6.07, 6.45) is 76.0. The van der Waals surface area contributed by atoms with Gasteiger partial charge in [0.1, 0.15) is 6.61 Å². The van der Waals surface area contributed by atoms with E-state index in [4.69, 9.17) is 9.47 Å². The third kappa shape index (κ3) is 56.6. The first-order chi connectivity index (χ1) is 33.1. The minimum atomic E-state index is -0.771. The molecule has 0 radical (unpaired) electrons. The number of carbonyl (C=O) groups is 2. The van der Waals surface area contributed by atoms with Gasteiger partial charge >= 0.3 is 11.9 Å². The zero-order valence-corrected chi connectivity index (χ0v) is 45.2. The highest BCUT2D eigenvalue weighted by atomic mass is 16.6. The molecular weight excluding hydrogens is 825 g/mol. The Morgan fingerprint density at radius 3 is 0.925 bits per heavy atom. The van der Waals surface area contributed by atoms with E-state index in [1.165, 1.54) is 250 Å². The van der Waals surface area contributed by atoms with Gasteiger partial charge in [-0.2, -0.15) is 0 Å². The highest BCUT2D eigenvalue weighted by molar-refractivity contribution is 5.70. The van der Waals surface area contributed by atoms with Crippen molar-refractivity contribution in [3.05, 3.63) is 36.5 Å². The van der Waals surface area contributed by atoms with E-state index in [0.717, 1.165) is 51.4 Å². The van der Waals surface area contributed by atoms with Gasteiger partial charge in [0.25, 0.3) is 0 Å². The van der Waals surface area contributed by atoms with Gasteiger partial charge in [-0.3, -0.25) is 9.59 Å². The zero-order valence-electron chi connectivity index (χ0n) is 45.2. The van der Waals surface area contributed by atoms with Crippen LogP contribution in [0, 0.1) is 0 Å². The summed E-state index contributed by atoms with van der Waals surface area (Å²) < 4.78 is 10.7. The molecule has 1 atom stereocenters. The molecule has 0 amide bonds. The van der Waals surface area contributed by atoms with Gasteiger partial charge in [0.05, 0.1) is 6.61 Å². The molecule has 0 aliphatic rings. The Morgan fingerprint density at radius 2 is 0.597 bits per heavy atom. The number of ether oxygens (including phenoxy) is 2. The number of allylic oxidation sites excluding steroid dienone is 6. The van der Waals surface area contributed by atoms with E-state index in [1.54, 1.807) is 0 Å². The monoisotopic (exact) mass is 941 g/mol. The summed E-state index contributed by atoms with van der Waals surface area (Å²) in [6, 6.07) is 0. The number of carbonyl (C=O) groups excluding carboxylic acids is 2. The molecule has 0 aromatic rings. The molecule has 0 saturated carbocycles. The van der Waals surface area contributed by atoms with Gasteiger partial charge in [-0.15, -0.1) is 0 Å². The maximum atomic E-state index is 12.3. The van der Waals surface area contributed by atoms with Crippen LogP contribution in [0.15, 0.2) is 36.5 Å². The molecule has 5 heteroatoms. The second-order valence-corrected chi connectivity index (χ2v) is 20.4. The second-order valence-electron chi connectivity index (χ2n) is 20.4. The average molecular weight is 942 g/mol. The minimum Gasteiger partial charge on any atom is -0.462 e. The summed E-state index contributed by atoms with van der Waals surface area (Å²) in [6.45, 7) is 4.13. The summed E-state index contributed by atoms with van der Waals surface area (Å²) in [7, 11) is 0. The van der Waals surface area contributed by atoms with E-state index in [1.807, 2.05) is 0 Å². The predicted octanol–water partition coefficient (Wildman–Crippen LogP) is 20.3. The van der Waals surface area contributed by atoms with Gasteiger partial charge in [-0.1, -0.05) is 281 Å². The molecule has 0 spiro atoms. The van der Waals surface area contributed by atoms with Gasteiger partial charge < -0.3 is 14.6 Å². The van der Waals surface area contributed by atoms with E-state index in [0.29, 0.717) is 12.8 Å². The molecule has 1 N–H and O–H groups in total. The van der Waals surface area contributed by atoms with Gasteiger partial charge in [-0.05, 0) is 70.6 Å². The fourth-order valence-corrected chi connectivity index (χ4v) is 9.11. The van der Waals surface area contributed by atoms with Crippen LogP contribution in [-0.2, 0) is 19.1 Å². The highest BCUT2D eigenvalue weighted by Gasteiger charge is 2.16. The molecule has 0 fully saturated rings. The van der Waals surface area contributed by atoms with Crippen LogP contribution in [0.1, 0.15) is 328 Å². The first-order valence-electron chi connectivity index (χ1n) is 30.0. The standard InChI is InChI=1S/C62H116O5/c1-3-5-7-9-11-13-15-17-18-19-20-21-22-23-24-25-26-27-28-29-30-31-32-33-34-35-36-37-38-39-40-41-42-43-44-45-47-49-51-53-55-57-62(65)67-60(58-63)59-66-61(64)56-54-52-50-48-46-16-14-12-10-8-6-4-2/h12,14-15,17,19-20,60,63H,3-11,13,16,18,21-59H2,1-2H3/b14-12-,17-15-,20-19-. The minimum absolute atomic E-state index is 0.0654. The van der Waals surface area contributed by atoms with Crippen molar-refractivity contribution < 1.29 is 24.2 Å². The lowest BCUT2D eigenvalue weighted by atomic mass is 10.0.